The number of nitro benzene ring substituents is 1. The van der Waals surface area contributed by atoms with Crippen molar-refractivity contribution in [2.75, 3.05) is 0 Å². The van der Waals surface area contributed by atoms with Gasteiger partial charge in [0.15, 0.2) is 6.29 Å². The molecule has 2 rings (SSSR count). The quantitative estimate of drug-likeness (QED) is 0.482. The van der Waals surface area contributed by atoms with Crippen LogP contribution in [0.3, 0.4) is 0 Å². The highest BCUT2D eigenvalue weighted by Crippen LogP contribution is 2.28. The van der Waals surface area contributed by atoms with Gasteiger partial charge < -0.3 is 4.74 Å². The predicted molar refractivity (Wildman–Crippen MR) is 74.7 cm³/mol. The van der Waals surface area contributed by atoms with Crippen molar-refractivity contribution in [1.29, 1.82) is 0 Å². The summed E-state index contributed by atoms with van der Waals surface area (Å²) in [5.41, 5.74) is 0.569. The van der Waals surface area contributed by atoms with Crippen LogP contribution in [0.4, 0.5) is 5.69 Å². The van der Waals surface area contributed by atoms with Crippen molar-refractivity contribution in [3.8, 4) is 11.5 Å². The number of hydrogen-bond donors (Lipinski definition) is 0. The van der Waals surface area contributed by atoms with Gasteiger partial charge in [-0.1, -0.05) is 11.6 Å². The van der Waals surface area contributed by atoms with E-state index in [1.165, 1.54) is 18.2 Å². The van der Waals surface area contributed by atoms with Crippen LogP contribution in [0.5, 0.6) is 11.5 Å². The van der Waals surface area contributed by atoms with Gasteiger partial charge >= 0.3 is 0 Å². The zero-order chi connectivity index (χ0) is 14.7. The molecule has 2 aromatic rings. The summed E-state index contributed by atoms with van der Waals surface area (Å²) in [6.45, 7) is 1.84. The highest BCUT2D eigenvalue weighted by atomic mass is 35.5. The second-order valence-electron chi connectivity index (χ2n) is 4.11. The maximum atomic E-state index is 10.9. The van der Waals surface area contributed by atoms with Crippen molar-refractivity contribution in [3.63, 3.8) is 0 Å². The average molecular weight is 292 g/mol. The molecule has 2 aromatic carbocycles. The number of halogens is 1. The van der Waals surface area contributed by atoms with Gasteiger partial charge in [0, 0.05) is 11.1 Å². The standard InChI is InChI=1S/C14H10ClNO4/c1-9-6-11(2-4-13(9)15)20-12-3-5-14(16(18)19)10(7-12)8-17/h2-8H,1H3. The topological polar surface area (TPSA) is 69.4 Å². The number of rotatable bonds is 4. The lowest BCUT2D eigenvalue weighted by Crippen LogP contribution is -1.95. The number of ether oxygens (including phenoxy) is 1. The normalized spacial score (nSPS) is 10.1. The SMILES string of the molecule is Cc1cc(Oc2ccc([N+](=O)[O-])c(C=O)c2)ccc1Cl. The number of nitrogens with zero attached hydrogens (tertiary/aromatic N) is 1. The third-order valence-electron chi connectivity index (χ3n) is 2.69. The van der Waals surface area contributed by atoms with Gasteiger partial charge in [0.05, 0.1) is 10.5 Å². The van der Waals surface area contributed by atoms with Gasteiger partial charge in [0.25, 0.3) is 5.69 Å². The van der Waals surface area contributed by atoms with E-state index in [1.807, 2.05) is 6.92 Å². The van der Waals surface area contributed by atoms with E-state index in [2.05, 4.69) is 0 Å². The molecule has 0 amide bonds. The number of nitro groups is 1. The van der Waals surface area contributed by atoms with Crippen LogP contribution in [0, 0.1) is 17.0 Å². The maximum absolute atomic E-state index is 10.9. The maximum Gasteiger partial charge on any atom is 0.280 e. The third-order valence-corrected chi connectivity index (χ3v) is 3.11. The van der Waals surface area contributed by atoms with E-state index < -0.39 is 4.92 Å². The lowest BCUT2D eigenvalue weighted by molar-refractivity contribution is -0.385. The summed E-state index contributed by atoms with van der Waals surface area (Å²) in [6.07, 6.45) is 0.429. The molecule has 0 bridgehead atoms. The van der Waals surface area contributed by atoms with Crippen LogP contribution in [0.25, 0.3) is 0 Å². The van der Waals surface area contributed by atoms with Crippen molar-refractivity contribution >= 4 is 23.6 Å². The van der Waals surface area contributed by atoms with E-state index in [9.17, 15) is 14.9 Å². The smallest absolute Gasteiger partial charge is 0.280 e. The van der Waals surface area contributed by atoms with Crippen LogP contribution in [-0.2, 0) is 0 Å². The first-order chi connectivity index (χ1) is 9.51. The number of hydrogen-bond acceptors (Lipinski definition) is 4. The van der Waals surface area contributed by atoms with Crippen LogP contribution in [-0.4, -0.2) is 11.2 Å². The molecule has 0 fully saturated rings. The van der Waals surface area contributed by atoms with E-state index in [0.29, 0.717) is 22.8 Å². The Labute approximate surface area is 119 Å². The van der Waals surface area contributed by atoms with Crippen molar-refractivity contribution in [1.82, 2.24) is 0 Å². The van der Waals surface area contributed by atoms with Gasteiger partial charge in [-0.2, -0.15) is 0 Å². The fourth-order valence-electron chi connectivity index (χ4n) is 1.67. The summed E-state index contributed by atoms with van der Waals surface area (Å²) < 4.78 is 5.55. The van der Waals surface area contributed by atoms with Crippen LogP contribution in [0.15, 0.2) is 36.4 Å². The molecule has 102 valence electrons. The van der Waals surface area contributed by atoms with Gasteiger partial charge in [0.1, 0.15) is 11.5 Å². The average Bonchev–Trinajstić information content (AvgIpc) is 2.42. The Kier molecular flexibility index (Phi) is 4.00. The first kappa shape index (κ1) is 14.0. The molecule has 20 heavy (non-hydrogen) atoms. The van der Waals surface area contributed by atoms with Crippen LogP contribution in [0.2, 0.25) is 5.02 Å². The number of carbonyl (C=O) groups excluding carboxylic acids is 1. The largest absolute Gasteiger partial charge is 0.457 e. The van der Waals surface area contributed by atoms with Gasteiger partial charge in [-0.25, -0.2) is 0 Å². The van der Waals surface area contributed by atoms with E-state index in [1.54, 1.807) is 18.2 Å². The summed E-state index contributed by atoms with van der Waals surface area (Å²) in [7, 11) is 0. The van der Waals surface area contributed by atoms with Gasteiger partial charge in [-0.3, -0.25) is 14.9 Å². The Morgan fingerprint density at radius 3 is 2.45 bits per heavy atom. The summed E-state index contributed by atoms with van der Waals surface area (Å²) >= 11 is 5.91. The molecule has 0 unspecified atom stereocenters. The number of aryl methyl sites for hydroxylation is 1. The zero-order valence-corrected chi connectivity index (χ0v) is 11.3. The van der Waals surface area contributed by atoms with Gasteiger partial charge in [-0.15, -0.1) is 0 Å². The summed E-state index contributed by atoms with van der Waals surface area (Å²) in [5.74, 6) is 0.886. The summed E-state index contributed by atoms with van der Waals surface area (Å²) in [4.78, 5) is 21.0. The van der Waals surface area contributed by atoms with Crippen molar-refractivity contribution in [2.45, 2.75) is 6.92 Å². The van der Waals surface area contributed by atoms with Gasteiger partial charge in [0.2, 0.25) is 0 Å². The van der Waals surface area contributed by atoms with Crippen molar-refractivity contribution in [2.24, 2.45) is 0 Å². The second kappa shape index (κ2) is 5.71. The number of carbonyl (C=O) groups is 1. The number of benzene rings is 2. The van der Waals surface area contributed by atoms with E-state index >= 15 is 0 Å². The molecule has 5 nitrogen and oxygen atoms in total. The minimum Gasteiger partial charge on any atom is -0.457 e. The first-order valence-electron chi connectivity index (χ1n) is 5.69. The second-order valence-corrected chi connectivity index (χ2v) is 4.52. The molecular weight excluding hydrogens is 282 g/mol. The minimum atomic E-state index is -0.611. The molecule has 0 radical (unpaired) electrons. The lowest BCUT2D eigenvalue weighted by atomic mass is 10.2. The highest BCUT2D eigenvalue weighted by Gasteiger charge is 2.14. The molecular formula is C14H10ClNO4. The fraction of sp³-hybridized carbons (Fsp3) is 0.0714. The van der Waals surface area contributed by atoms with Crippen LogP contribution >= 0.6 is 11.6 Å². The Balaban J connectivity index is 2.32. The molecule has 6 heteroatoms. The Bertz CT molecular complexity index is 685. The lowest BCUT2D eigenvalue weighted by Gasteiger charge is -2.07. The molecule has 0 atom stereocenters. The monoisotopic (exact) mass is 291 g/mol. The van der Waals surface area contributed by atoms with Crippen LogP contribution < -0.4 is 4.74 Å². The molecule has 0 saturated heterocycles. The first-order valence-corrected chi connectivity index (χ1v) is 6.06. The molecule has 0 aromatic heterocycles. The molecule has 0 N–H and O–H groups in total. The predicted octanol–water partition coefficient (Wildman–Crippen LogP) is 4.16. The van der Waals surface area contributed by atoms with E-state index in [-0.39, 0.29) is 11.3 Å². The van der Waals surface area contributed by atoms with Crippen LogP contribution in [0.1, 0.15) is 15.9 Å². The Hall–Kier alpha value is -2.40. The van der Waals surface area contributed by atoms with E-state index in [4.69, 9.17) is 16.3 Å². The third kappa shape index (κ3) is 2.95. The minimum absolute atomic E-state index is 0.0295. The molecule has 0 spiro atoms. The van der Waals surface area contributed by atoms with Gasteiger partial charge in [-0.05, 0) is 42.8 Å². The van der Waals surface area contributed by atoms with Crippen molar-refractivity contribution in [3.05, 3.63) is 62.7 Å². The highest BCUT2D eigenvalue weighted by molar-refractivity contribution is 6.31. The molecule has 0 heterocycles. The fourth-order valence-corrected chi connectivity index (χ4v) is 1.79. The molecule has 0 aliphatic carbocycles. The van der Waals surface area contributed by atoms with E-state index in [0.717, 1.165) is 5.56 Å². The molecule has 0 saturated carbocycles. The summed E-state index contributed by atoms with van der Waals surface area (Å²) in [6, 6.07) is 9.12. The zero-order valence-electron chi connectivity index (χ0n) is 10.5. The Morgan fingerprint density at radius 2 is 1.85 bits per heavy atom. The summed E-state index contributed by atoms with van der Waals surface area (Å²) in [5, 5.41) is 11.3. The number of aldehydes is 1. The van der Waals surface area contributed by atoms with Crippen molar-refractivity contribution < 1.29 is 14.5 Å². The molecule has 0 aliphatic heterocycles. The molecule has 0 aliphatic rings. The Morgan fingerprint density at radius 1 is 1.20 bits per heavy atom.